The number of hydrogen-bond donors (Lipinski definition) is 1. The molecule has 0 fully saturated rings. The van der Waals surface area contributed by atoms with E-state index in [1.54, 1.807) is 12.1 Å². The first kappa shape index (κ1) is 14.1. The van der Waals surface area contributed by atoms with Crippen LogP contribution in [0.2, 0.25) is 0 Å². The highest BCUT2D eigenvalue weighted by Crippen LogP contribution is 2.12. The first-order chi connectivity index (χ1) is 8.17. The minimum Gasteiger partial charge on any atom is -0.377 e. The first-order valence-electron chi connectivity index (χ1n) is 6.29. The third-order valence-electron chi connectivity index (χ3n) is 2.82. The van der Waals surface area contributed by atoms with Gasteiger partial charge in [0.05, 0.1) is 6.10 Å². The van der Waals surface area contributed by atoms with E-state index in [-0.39, 0.29) is 18.0 Å². The molecule has 1 rings (SSSR count). The second-order valence-corrected chi connectivity index (χ2v) is 4.28. The van der Waals surface area contributed by atoms with Crippen LogP contribution in [0.1, 0.15) is 32.3 Å². The van der Waals surface area contributed by atoms with Gasteiger partial charge in [-0.3, -0.25) is 0 Å². The number of hydrogen-bond acceptors (Lipinski definition) is 2. The van der Waals surface area contributed by atoms with Crippen molar-refractivity contribution in [3.63, 3.8) is 0 Å². The maximum absolute atomic E-state index is 12.8. The van der Waals surface area contributed by atoms with Crippen LogP contribution in [-0.4, -0.2) is 18.8 Å². The van der Waals surface area contributed by atoms with Crippen LogP contribution in [0.4, 0.5) is 4.39 Å². The Kier molecular flexibility index (Phi) is 6.16. The Morgan fingerprint density at radius 2 is 1.88 bits per heavy atom. The standard InChI is InChI=1S/C14H22FNO/c1-3-5-14(17-4-2)13(16)10-11-6-8-12(15)9-7-11/h6-9,13-14H,3-5,10,16H2,1-2H3. The van der Waals surface area contributed by atoms with E-state index in [9.17, 15) is 4.39 Å². The maximum atomic E-state index is 12.8. The quantitative estimate of drug-likeness (QED) is 0.794. The lowest BCUT2D eigenvalue weighted by atomic mass is 9.99. The van der Waals surface area contributed by atoms with E-state index in [1.807, 2.05) is 6.92 Å². The fourth-order valence-electron chi connectivity index (χ4n) is 1.94. The van der Waals surface area contributed by atoms with E-state index >= 15 is 0 Å². The van der Waals surface area contributed by atoms with E-state index < -0.39 is 0 Å². The monoisotopic (exact) mass is 239 g/mol. The van der Waals surface area contributed by atoms with Crippen molar-refractivity contribution in [1.82, 2.24) is 0 Å². The predicted molar refractivity (Wildman–Crippen MR) is 68.4 cm³/mol. The summed E-state index contributed by atoms with van der Waals surface area (Å²) in [6.45, 7) is 4.78. The number of rotatable bonds is 7. The van der Waals surface area contributed by atoms with Crippen molar-refractivity contribution in [3.8, 4) is 0 Å². The lowest BCUT2D eigenvalue weighted by molar-refractivity contribution is 0.0378. The third-order valence-corrected chi connectivity index (χ3v) is 2.82. The van der Waals surface area contributed by atoms with E-state index in [0.29, 0.717) is 6.61 Å². The smallest absolute Gasteiger partial charge is 0.123 e. The van der Waals surface area contributed by atoms with Gasteiger partial charge in [0.1, 0.15) is 5.82 Å². The summed E-state index contributed by atoms with van der Waals surface area (Å²) in [5, 5.41) is 0. The zero-order valence-electron chi connectivity index (χ0n) is 10.7. The van der Waals surface area contributed by atoms with Gasteiger partial charge in [-0.05, 0) is 37.5 Å². The minimum atomic E-state index is -0.211. The maximum Gasteiger partial charge on any atom is 0.123 e. The summed E-state index contributed by atoms with van der Waals surface area (Å²) in [5.74, 6) is -0.211. The molecular weight excluding hydrogens is 217 g/mol. The van der Waals surface area contributed by atoms with Crippen LogP contribution >= 0.6 is 0 Å². The summed E-state index contributed by atoms with van der Waals surface area (Å²) in [6, 6.07) is 6.48. The van der Waals surface area contributed by atoms with Gasteiger partial charge in [0.2, 0.25) is 0 Å². The lowest BCUT2D eigenvalue weighted by Crippen LogP contribution is -2.38. The molecule has 96 valence electrons. The van der Waals surface area contributed by atoms with E-state index in [0.717, 1.165) is 24.8 Å². The van der Waals surface area contributed by atoms with Crippen LogP contribution in [0, 0.1) is 5.82 Å². The van der Waals surface area contributed by atoms with Crippen LogP contribution in [0.25, 0.3) is 0 Å². The van der Waals surface area contributed by atoms with Gasteiger partial charge in [0.15, 0.2) is 0 Å². The molecule has 17 heavy (non-hydrogen) atoms. The molecule has 2 N–H and O–H groups in total. The van der Waals surface area contributed by atoms with Gasteiger partial charge in [0, 0.05) is 12.6 Å². The summed E-state index contributed by atoms with van der Waals surface area (Å²) in [6.07, 6.45) is 2.85. The molecule has 2 atom stereocenters. The van der Waals surface area contributed by atoms with Crippen molar-refractivity contribution in [2.45, 2.75) is 45.3 Å². The fraction of sp³-hybridized carbons (Fsp3) is 0.571. The third kappa shape index (κ3) is 4.84. The van der Waals surface area contributed by atoms with Gasteiger partial charge in [-0.15, -0.1) is 0 Å². The van der Waals surface area contributed by atoms with Crippen molar-refractivity contribution in [2.75, 3.05) is 6.61 Å². The first-order valence-corrected chi connectivity index (χ1v) is 6.29. The molecule has 0 aliphatic carbocycles. The molecule has 2 nitrogen and oxygen atoms in total. The van der Waals surface area contributed by atoms with Gasteiger partial charge in [-0.25, -0.2) is 4.39 Å². The molecular formula is C14H22FNO. The van der Waals surface area contributed by atoms with Crippen molar-refractivity contribution < 1.29 is 9.13 Å². The number of halogens is 1. The number of benzene rings is 1. The molecule has 0 saturated heterocycles. The minimum absolute atomic E-state index is 0.0274. The van der Waals surface area contributed by atoms with Crippen molar-refractivity contribution in [2.24, 2.45) is 5.73 Å². The van der Waals surface area contributed by atoms with Gasteiger partial charge < -0.3 is 10.5 Å². The second-order valence-electron chi connectivity index (χ2n) is 4.28. The van der Waals surface area contributed by atoms with Gasteiger partial charge in [0.25, 0.3) is 0 Å². The summed E-state index contributed by atoms with van der Waals surface area (Å²) >= 11 is 0. The summed E-state index contributed by atoms with van der Waals surface area (Å²) in [7, 11) is 0. The van der Waals surface area contributed by atoms with Gasteiger partial charge in [-0.2, -0.15) is 0 Å². The highest BCUT2D eigenvalue weighted by Gasteiger charge is 2.17. The van der Waals surface area contributed by atoms with Crippen LogP contribution in [0.5, 0.6) is 0 Å². The lowest BCUT2D eigenvalue weighted by Gasteiger charge is -2.23. The summed E-state index contributed by atoms with van der Waals surface area (Å²) in [4.78, 5) is 0. The van der Waals surface area contributed by atoms with E-state index in [1.165, 1.54) is 12.1 Å². The van der Waals surface area contributed by atoms with E-state index in [2.05, 4.69) is 6.92 Å². The van der Waals surface area contributed by atoms with Crippen LogP contribution < -0.4 is 5.73 Å². The highest BCUT2D eigenvalue weighted by atomic mass is 19.1. The molecule has 2 unspecified atom stereocenters. The average Bonchev–Trinajstić information content (AvgIpc) is 2.32. The van der Waals surface area contributed by atoms with Crippen LogP contribution in [0.3, 0.4) is 0 Å². The molecule has 0 radical (unpaired) electrons. The van der Waals surface area contributed by atoms with Crippen molar-refractivity contribution in [1.29, 1.82) is 0 Å². The van der Waals surface area contributed by atoms with Gasteiger partial charge in [-0.1, -0.05) is 25.5 Å². The molecule has 0 amide bonds. The Morgan fingerprint density at radius 3 is 2.41 bits per heavy atom. The Bertz CT molecular complexity index is 307. The molecule has 0 aromatic heterocycles. The molecule has 1 aromatic carbocycles. The summed E-state index contributed by atoms with van der Waals surface area (Å²) in [5.41, 5.74) is 7.20. The van der Waals surface area contributed by atoms with Crippen molar-refractivity contribution >= 4 is 0 Å². The topological polar surface area (TPSA) is 35.2 Å². The molecule has 0 spiro atoms. The average molecular weight is 239 g/mol. The molecule has 0 aliphatic heterocycles. The molecule has 0 bridgehead atoms. The van der Waals surface area contributed by atoms with Crippen molar-refractivity contribution in [3.05, 3.63) is 35.6 Å². The molecule has 1 aromatic rings. The Hall–Kier alpha value is -0.930. The Balaban J connectivity index is 2.55. The van der Waals surface area contributed by atoms with Crippen LogP contribution in [0.15, 0.2) is 24.3 Å². The molecule has 0 aliphatic rings. The normalized spacial score (nSPS) is 14.6. The molecule has 0 heterocycles. The number of nitrogens with two attached hydrogens (primary N) is 1. The molecule has 3 heteroatoms. The van der Waals surface area contributed by atoms with Gasteiger partial charge >= 0.3 is 0 Å². The second kappa shape index (κ2) is 7.41. The van der Waals surface area contributed by atoms with E-state index in [4.69, 9.17) is 10.5 Å². The Labute approximate surface area is 103 Å². The SMILES string of the molecule is CCCC(OCC)C(N)Cc1ccc(F)cc1. The molecule has 0 saturated carbocycles. The zero-order valence-corrected chi connectivity index (χ0v) is 10.7. The number of ether oxygens (including phenoxy) is 1. The Morgan fingerprint density at radius 1 is 1.24 bits per heavy atom. The fourth-order valence-corrected chi connectivity index (χ4v) is 1.94. The predicted octanol–water partition coefficient (Wildman–Crippen LogP) is 2.90. The zero-order chi connectivity index (χ0) is 12.7. The highest BCUT2D eigenvalue weighted by molar-refractivity contribution is 5.17. The van der Waals surface area contributed by atoms with Crippen LogP contribution in [-0.2, 0) is 11.2 Å². The summed E-state index contributed by atoms with van der Waals surface area (Å²) < 4.78 is 18.4. The largest absolute Gasteiger partial charge is 0.377 e.